The average molecular weight is 285 g/mol. The molecule has 0 nitrogen and oxygen atoms in total. The molecular formula is C17H17ClSi. The smallest absolute Gasteiger partial charge is 0.129 e. The zero-order valence-electron chi connectivity index (χ0n) is 10.9. The lowest BCUT2D eigenvalue weighted by atomic mass is 10.1. The van der Waals surface area contributed by atoms with Gasteiger partial charge < -0.3 is 0 Å². The monoisotopic (exact) mass is 284 g/mol. The molecule has 0 unspecified atom stereocenters. The molecule has 19 heavy (non-hydrogen) atoms. The van der Waals surface area contributed by atoms with Crippen molar-refractivity contribution >= 4 is 24.9 Å². The second-order valence-corrected chi connectivity index (χ2v) is 9.07. The van der Waals surface area contributed by atoms with Crippen LogP contribution in [0.2, 0.25) is 0 Å². The fourth-order valence-corrected chi connectivity index (χ4v) is 5.02. The Bertz CT molecular complexity index is 550. The molecule has 0 fully saturated rings. The Morgan fingerprint density at radius 3 is 1.84 bits per heavy atom. The van der Waals surface area contributed by atoms with Crippen molar-refractivity contribution in [3.8, 4) is 11.1 Å². The minimum absolute atomic E-state index is 0.588. The van der Waals surface area contributed by atoms with Crippen LogP contribution in [0.3, 0.4) is 0 Å². The highest BCUT2D eigenvalue weighted by Crippen LogP contribution is 2.19. The maximum Gasteiger partial charge on any atom is 0.147 e. The van der Waals surface area contributed by atoms with Crippen LogP contribution in [-0.4, -0.2) is 13.6 Å². The third-order valence-electron chi connectivity index (χ3n) is 3.48. The van der Waals surface area contributed by atoms with E-state index in [1.807, 2.05) is 17.5 Å². The van der Waals surface area contributed by atoms with Crippen molar-refractivity contribution in [2.45, 2.75) is 0 Å². The van der Waals surface area contributed by atoms with Gasteiger partial charge in [-0.2, -0.15) is 0 Å². The minimum atomic E-state index is -1.92. The summed E-state index contributed by atoms with van der Waals surface area (Å²) in [7, 11) is -1.92. The van der Waals surface area contributed by atoms with Gasteiger partial charge in [-0.15, -0.1) is 24.8 Å². The fraction of sp³-hybridized carbons (Fsp3) is 0.0588. The van der Waals surface area contributed by atoms with Crippen LogP contribution in [0.15, 0.2) is 79.2 Å². The molecule has 0 aliphatic rings. The van der Waals surface area contributed by atoms with Gasteiger partial charge in [0.25, 0.3) is 0 Å². The van der Waals surface area contributed by atoms with Crippen LogP contribution in [-0.2, 0) is 0 Å². The third-order valence-corrected chi connectivity index (χ3v) is 8.11. The minimum Gasteiger partial charge on any atom is -0.129 e. The van der Waals surface area contributed by atoms with E-state index in [0.29, 0.717) is 5.50 Å². The molecule has 2 heteroatoms. The first kappa shape index (κ1) is 13.8. The maximum atomic E-state index is 6.14. The van der Waals surface area contributed by atoms with Crippen LogP contribution in [0.5, 0.6) is 0 Å². The molecule has 0 atom stereocenters. The summed E-state index contributed by atoms with van der Waals surface area (Å²) in [5.41, 5.74) is 7.01. The number of hydrogen-bond acceptors (Lipinski definition) is 0. The Hall–Kier alpha value is -1.57. The normalized spacial score (nSPS) is 11.0. The molecule has 96 valence electrons. The quantitative estimate of drug-likeness (QED) is 0.569. The molecule has 2 rings (SSSR count). The van der Waals surface area contributed by atoms with E-state index in [2.05, 4.69) is 61.7 Å². The van der Waals surface area contributed by atoms with Crippen LogP contribution in [0, 0.1) is 0 Å². The molecule has 2 aromatic rings. The second-order valence-electron chi connectivity index (χ2n) is 4.53. The van der Waals surface area contributed by atoms with Crippen LogP contribution >= 0.6 is 11.6 Å². The SMILES string of the molecule is C=C[Si](C=C)(CCl)c1ccc(-c2ccccc2)cc1. The molecule has 2 aromatic carbocycles. The number of rotatable bonds is 5. The molecule has 0 radical (unpaired) electrons. The van der Waals surface area contributed by atoms with Crippen molar-refractivity contribution in [1.82, 2.24) is 0 Å². The van der Waals surface area contributed by atoms with Crippen molar-refractivity contribution in [3.63, 3.8) is 0 Å². The summed E-state index contributed by atoms with van der Waals surface area (Å²) in [5.74, 6) is 0. The van der Waals surface area contributed by atoms with Crippen molar-refractivity contribution in [3.05, 3.63) is 79.2 Å². The zero-order chi connectivity index (χ0) is 13.7. The van der Waals surface area contributed by atoms with E-state index in [9.17, 15) is 0 Å². The number of alkyl halides is 1. The predicted molar refractivity (Wildman–Crippen MR) is 88.4 cm³/mol. The lowest BCUT2D eigenvalue weighted by Gasteiger charge is -2.22. The highest BCUT2D eigenvalue weighted by atomic mass is 35.5. The predicted octanol–water partition coefficient (Wildman–Crippen LogP) is 4.24. The summed E-state index contributed by atoms with van der Waals surface area (Å²) in [4.78, 5) is 0. The van der Waals surface area contributed by atoms with Crippen LogP contribution in [0.1, 0.15) is 0 Å². The summed E-state index contributed by atoms with van der Waals surface area (Å²) in [6.45, 7) is 7.88. The molecular weight excluding hydrogens is 268 g/mol. The van der Waals surface area contributed by atoms with E-state index in [0.717, 1.165) is 0 Å². The third kappa shape index (κ3) is 2.72. The van der Waals surface area contributed by atoms with Crippen molar-refractivity contribution < 1.29 is 0 Å². The molecule has 0 amide bonds. The Balaban J connectivity index is 2.38. The molecule has 0 aliphatic carbocycles. The summed E-state index contributed by atoms with van der Waals surface area (Å²) >= 11 is 6.14. The van der Waals surface area contributed by atoms with Gasteiger partial charge in [-0.25, -0.2) is 0 Å². The summed E-state index contributed by atoms with van der Waals surface area (Å²) in [6, 6.07) is 18.9. The van der Waals surface area contributed by atoms with Gasteiger partial charge in [0.15, 0.2) is 0 Å². The Morgan fingerprint density at radius 2 is 1.37 bits per heavy atom. The van der Waals surface area contributed by atoms with Crippen molar-refractivity contribution in [1.29, 1.82) is 0 Å². The van der Waals surface area contributed by atoms with Gasteiger partial charge in [-0.1, -0.05) is 66.0 Å². The second kappa shape index (κ2) is 6.05. The summed E-state index contributed by atoms with van der Waals surface area (Å²) in [5, 5.41) is 1.26. The van der Waals surface area contributed by atoms with E-state index in [1.165, 1.54) is 16.3 Å². The molecule has 0 heterocycles. The first-order valence-electron chi connectivity index (χ1n) is 6.25. The Morgan fingerprint density at radius 1 is 0.842 bits per heavy atom. The fourth-order valence-electron chi connectivity index (χ4n) is 2.11. The standard InChI is InChI=1S/C17H17ClSi/c1-3-19(4-2,14-18)17-12-10-16(11-13-17)15-8-6-5-7-9-15/h3-13H,1-2,14H2. The van der Waals surface area contributed by atoms with Crippen LogP contribution in [0.4, 0.5) is 0 Å². The van der Waals surface area contributed by atoms with E-state index < -0.39 is 8.07 Å². The lowest BCUT2D eigenvalue weighted by molar-refractivity contribution is 1.63. The maximum absolute atomic E-state index is 6.14. The van der Waals surface area contributed by atoms with Gasteiger partial charge in [0, 0.05) is 5.50 Å². The summed E-state index contributed by atoms with van der Waals surface area (Å²) in [6.07, 6.45) is 0. The van der Waals surface area contributed by atoms with Crippen molar-refractivity contribution in [2.24, 2.45) is 0 Å². The van der Waals surface area contributed by atoms with Gasteiger partial charge >= 0.3 is 0 Å². The highest BCUT2D eigenvalue weighted by Gasteiger charge is 2.27. The average Bonchev–Trinajstić information content (AvgIpc) is 2.51. The van der Waals surface area contributed by atoms with E-state index >= 15 is 0 Å². The molecule has 0 saturated heterocycles. The molecule has 0 N–H and O–H groups in total. The van der Waals surface area contributed by atoms with Gasteiger partial charge in [0.1, 0.15) is 8.07 Å². The van der Waals surface area contributed by atoms with Crippen LogP contribution in [0.25, 0.3) is 11.1 Å². The van der Waals surface area contributed by atoms with E-state index in [-0.39, 0.29) is 0 Å². The number of halogens is 1. The first-order valence-corrected chi connectivity index (χ1v) is 9.14. The summed E-state index contributed by atoms with van der Waals surface area (Å²) < 4.78 is 0. The Labute approximate surface area is 121 Å². The lowest BCUT2D eigenvalue weighted by Crippen LogP contribution is -2.46. The van der Waals surface area contributed by atoms with E-state index in [4.69, 9.17) is 11.6 Å². The molecule has 0 bridgehead atoms. The van der Waals surface area contributed by atoms with Crippen molar-refractivity contribution in [2.75, 3.05) is 5.50 Å². The van der Waals surface area contributed by atoms with Gasteiger partial charge in [-0.05, 0) is 16.3 Å². The van der Waals surface area contributed by atoms with E-state index in [1.54, 1.807) is 0 Å². The molecule has 0 spiro atoms. The molecule has 0 saturated carbocycles. The number of benzene rings is 2. The first-order chi connectivity index (χ1) is 9.25. The molecule has 0 aromatic heterocycles. The van der Waals surface area contributed by atoms with Crippen LogP contribution < -0.4 is 5.19 Å². The van der Waals surface area contributed by atoms with Gasteiger partial charge in [0.05, 0.1) is 0 Å². The largest absolute Gasteiger partial charge is 0.147 e. The zero-order valence-corrected chi connectivity index (χ0v) is 12.6. The van der Waals surface area contributed by atoms with Gasteiger partial charge in [0.2, 0.25) is 0 Å². The topological polar surface area (TPSA) is 0 Å². The van der Waals surface area contributed by atoms with Gasteiger partial charge in [-0.3, -0.25) is 0 Å². The number of hydrogen-bond donors (Lipinski definition) is 0. The molecule has 0 aliphatic heterocycles. The Kier molecular flexibility index (Phi) is 4.41. The highest BCUT2D eigenvalue weighted by molar-refractivity contribution is 7.03.